The number of carbonyl (C=O) groups excluding carboxylic acids is 1. The summed E-state index contributed by atoms with van der Waals surface area (Å²) in [6.07, 6.45) is 2.61. The summed E-state index contributed by atoms with van der Waals surface area (Å²) in [5.41, 5.74) is 1.71. The van der Waals surface area contributed by atoms with Gasteiger partial charge in [0.1, 0.15) is 0 Å². The Labute approximate surface area is 127 Å². The Bertz CT molecular complexity index is 583. The van der Waals surface area contributed by atoms with Gasteiger partial charge in [0.05, 0.1) is 37.7 Å². The highest BCUT2D eigenvalue weighted by Gasteiger charge is 2.06. The molecule has 0 saturated heterocycles. The molecule has 2 aromatic heterocycles. The number of pyridine rings is 1. The molecule has 0 aliphatic carbocycles. The third kappa shape index (κ3) is 4.71. The van der Waals surface area contributed by atoms with Crippen molar-refractivity contribution in [1.82, 2.24) is 9.97 Å². The van der Waals surface area contributed by atoms with E-state index in [0.717, 1.165) is 16.5 Å². The van der Waals surface area contributed by atoms with Crippen LogP contribution in [-0.2, 0) is 16.0 Å². The maximum atomic E-state index is 11.1. The van der Waals surface area contributed by atoms with Gasteiger partial charge in [-0.1, -0.05) is 0 Å². The highest BCUT2D eigenvalue weighted by Crippen LogP contribution is 2.22. The van der Waals surface area contributed by atoms with Crippen molar-refractivity contribution in [3.8, 4) is 5.88 Å². The molecule has 2 aromatic rings. The van der Waals surface area contributed by atoms with Gasteiger partial charge in [0.2, 0.25) is 5.88 Å². The van der Waals surface area contributed by atoms with Gasteiger partial charge in [-0.05, 0) is 13.0 Å². The first-order chi connectivity index (χ1) is 10.2. The van der Waals surface area contributed by atoms with Crippen molar-refractivity contribution in [3.63, 3.8) is 0 Å². The lowest BCUT2D eigenvalue weighted by molar-refractivity contribution is -0.140. The molecule has 0 unspecified atom stereocenters. The molecule has 6 nitrogen and oxygen atoms in total. The van der Waals surface area contributed by atoms with Gasteiger partial charge in [-0.3, -0.25) is 4.79 Å². The normalized spacial score (nSPS) is 10.2. The van der Waals surface area contributed by atoms with Crippen LogP contribution in [0.2, 0.25) is 0 Å². The molecule has 0 aliphatic rings. The van der Waals surface area contributed by atoms with E-state index in [-0.39, 0.29) is 5.97 Å². The Morgan fingerprint density at radius 1 is 1.43 bits per heavy atom. The van der Waals surface area contributed by atoms with Crippen LogP contribution in [0, 0.1) is 0 Å². The molecule has 0 aliphatic heterocycles. The fourth-order valence-corrected chi connectivity index (χ4v) is 2.39. The second kappa shape index (κ2) is 7.58. The third-order valence-corrected chi connectivity index (χ3v) is 3.45. The molecule has 7 heteroatoms. The molecule has 0 aromatic carbocycles. The number of hydrogen-bond acceptors (Lipinski definition) is 7. The van der Waals surface area contributed by atoms with E-state index in [1.165, 1.54) is 18.4 Å². The highest BCUT2D eigenvalue weighted by atomic mass is 32.1. The molecule has 0 amide bonds. The van der Waals surface area contributed by atoms with Crippen LogP contribution in [0.5, 0.6) is 5.88 Å². The largest absolute Gasteiger partial charge is 0.478 e. The number of nitrogens with one attached hydrogen (secondary N) is 1. The van der Waals surface area contributed by atoms with E-state index in [1.54, 1.807) is 12.3 Å². The summed E-state index contributed by atoms with van der Waals surface area (Å²) in [5, 5.41) is 5.86. The maximum absolute atomic E-state index is 11.1. The summed E-state index contributed by atoms with van der Waals surface area (Å²) < 4.78 is 9.89. The van der Waals surface area contributed by atoms with E-state index >= 15 is 0 Å². The third-order valence-electron chi connectivity index (χ3n) is 2.64. The van der Waals surface area contributed by atoms with Crippen LogP contribution in [0.3, 0.4) is 0 Å². The molecule has 0 bridgehead atoms. The lowest BCUT2D eigenvalue weighted by Crippen LogP contribution is -2.02. The number of aryl methyl sites for hydroxylation is 1. The molecule has 0 saturated carbocycles. The number of anilines is 2. The fraction of sp³-hybridized carbons (Fsp3) is 0.357. The number of carbonyl (C=O) groups is 1. The fourth-order valence-electron chi connectivity index (χ4n) is 1.62. The van der Waals surface area contributed by atoms with E-state index in [2.05, 4.69) is 20.0 Å². The van der Waals surface area contributed by atoms with Crippen LogP contribution in [-0.4, -0.2) is 29.7 Å². The zero-order valence-corrected chi connectivity index (χ0v) is 12.8. The van der Waals surface area contributed by atoms with Crippen LogP contribution < -0.4 is 10.1 Å². The van der Waals surface area contributed by atoms with Gasteiger partial charge in [0, 0.05) is 17.9 Å². The first-order valence-electron chi connectivity index (χ1n) is 6.58. The van der Waals surface area contributed by atoms with E-state index < -0.39 is 0 Å². The molecule has 0 spiro atoms. The first kappa shape index (κ1) is 15.2. The SMILES string of the molecule is CCOc1ccc(Nc2nc(CCC(=O)OC)cs2)cn1. The van der Waals surface area contributed by atoms with Crippen LogP contribution in [0.1, 0.15) is 19.0 Å². The molecule has 2 heterocycles. The van der Waals surface area contributed by atoms with Gasteiger partial charge in [-0.15, -0.1) is 11.3 Å². The van der Waals surface area contributed by atoms with Crippen molar-refractivity contribution in [2.75, 3.05) is 19.0 Å². The zero-order valence-electron chi connectivity index (χ0n) is 12.0. The number of aromatic nitrogens is 2. The molecule has 2 rings (SSSR count). The summed E-state index contributed by atoms with van der Waals surface area (Å²) in [7, 11) is 1.38. The van der Waals surface area contributed by atoms with Gasteiger partial charge in [-0.25, -0.2) is 9.97 Å². The molecule has 112 valence electrons. The lowest BCUT2D eigenvalue weighted by Gasteiger charge is -2.04. The number of ether oxygens (including phenoxy) is 2. The number of thiazole rings is 1. The monoisotopic (exact) mass is 307 g/mol. The van der Waals surface area contributed by atoms with Crippen molar-refractivity contribution in [1.29, 1.82) is 0 Å². The highest BCUT2D eigenvalue weighted by molar-refractivity contribution is 7.13. The Morgan fingerprint density at radius 2 is 2.29 bits per heavy atom. The number of hydrogen-bond donors (Lipinski definition) is 1. The average Bonchev–Trinajstić information content (AvgIpc) is 2.94. The van der Waals surface area contributed by atoms with Crippen molar-refractivity contribution >= 4 is 28.1 Å². The Morgan fingerprint density at radius 3 is 2.95 bits per heavy atom. The van der Waals surface area contributed by atoms with Gasteiger partial charge >= 0.3 is 5.97 Å². The van der Waals surface area contributed by atoms with E-state index in [1.807, 2.05) is 18.4 Å². The average molecular weight is 307 g/mol. The molecular formula is C14H17N3O3S. The van der Waals surface area contributed by atoms with Gasteiger partial charge in [-0.2, -0.15) is 0 Å². The van der Waals surface area contributed by atoms with Crippen LogP contribution in [0.15, 0.2) is 23.7 Å². The predicted molar refractivity (Wildman–Crippen MR) is 81.1 cm³/mol. The number of rotatable bonds is 7. The van der Waals surface area contributed by atoms with Gasteiger partial charge in [0.25, 0.3) is 0 Å². The predicted octanol–water partition coefficient (Wildman–Crippen LogP) is 2.79. The standard InChI is InChI=1S/C14H17N3O3S/c1-3-20-12-6-4-10(8-15-12)16-14-17-11(9-21-14)5-7-13(18)19-2/h4,6,8-9H,3,5,7H2,1-2H3,(H,16,17). The Kier molecular flexibility index (Phi) is 5.51. The second-order valence-electron chi connectivity index (χ2n) is 4.16. The van der Waals surface area contributed by atoms with Crippen molar-refractivity contribution in [2.24, 2.45) is 0 Å². The Hall–Kier alpha value is -2.15. The molecule has 0 radical (unpaired) electrons. The smallest absolute Gasteiger partial charge is 0.305 e. The maximum Gasteiger partial charge on any atom is 0.305 e. The molecule has 0 atom stereocenters. The number of nitrogens with zero attached hydrogens (tertiary/aromatic N) is 2. The minimum Gasteiger partial charge on any atom is -0.478 e. The summed E-state index contributed by atoms with van der Waals surface area (Å²) >= 11 is 1.48. The molecule has 1 N–H and O–H groups in total. The Balaban J connectivity index is 1.91. The summed E-state index contributed by atoms with van der Waals surface area (Å²) in [5.74, 6) is 0.370. The molecule has 21 heavy (non-hydrogen) atoms. The zero-order chi connectivity index (χ0) is 15.1. The first-order valence-corrected chi connectivity index (χ1v) is 7.46. The van der Waals surface area contributed by atoms with Crippen molar-refractivity contribution in [2.45, 2.75) is 19.8 Å². The minimum absolute atomic E-state index is 0.228. The van der Waals surface area contributed by atoms with Crippen LogP contribution >= 0.6 is 11.3 Å². The van der Waals surface area contributed by atoms with Gasteiger partial charge in [0.15, 0.2) is 5.13 Å². The van der Waals surface area contributed by atoms with Gasteiger partial charge < -0.3 is 14.8 Å². The van der Waals surface area contributed by atoms with E-state index in [0.29, 0.717) is 25.3 Å². The van der Waals surface area contributed by atoms with Crippen molar-refractivity contribution in [3.05, 3.63) is 29.4 Å². The van der Waals surface area contributed by atoms with E-state index in [4.69, 9.17) is 4.74 Å². The number of esters is 1. The van der Waals surface area contributed by atoms with Crippen LogP contribution in [0.4, 0.5) is 10.8 Å². The van der Waals surface area contributed by atoms with Crippen molar-refractivity contribution < 1.29 is 14.3 Å². The summed E-state index contributed by atoms with van der Waals surface area (Å²) in [4.78, 5) is 19.7. The second-order valence-corrected chi connectivity index (χ2v) is 5.02. The summed E-state index contributed by atoms with van der Waals surface area (Å²) in [6.45, 7) is 2.51. The molecular weight excluding hydrogens is 290 g/mol. The van der Waals surface area contributed by atoms with Crippen LogP contribution in [0.25, 0.3) is 0 Å². The minimum atomic E-state index is -0.228. The van der Waals surface area contributed by atoms with E-state index in [9.17, 15) is 4.79 Å². The number of methoxy groups -OCH3 is 1. The topological polar surface area (TPSA) is 73.3 Å². The molecule has 0 fully saturated rings. The summed E-state index contributed by atoms with van der Waals surface area (Å²) in [6, 6.07) is 3.69. The lowest BCUT2D eigenvalue weighted by atomic mass is 10.2. The quantitative estimate of drug-likeness (QED) is 0.793.